The lowest BCUT2D eigenvalue weighted by Gasteiger charge is -2.61. The van der Waals surface area contributed by atoms with Crippen molar-refractivity contribution in [1.29, 1.82) is 0 Å². The maximum Gasteiger partial charge on any atom is 0.333 e. The lowest BCUT2D eigenvalue weighted by Crippen LogP contribution is -2.64. The van der Waals surface area contributed by atoms with Crippen molar-refractivity contribution in [2.45, 2.75) is 81.8 Å². The standard InChI is InChI=1S/C21H27NO4/c1-10(2)20(24)26-18-15-6-14-17(25-15)16(18)22(19(14)23)21-7-11-3-12(8-21)5-13(4-11)9-21/h11-18H,1,3-9H2,2H3/t11?,12?,13?,14?,15?,16?,17?,18-,21?/m0/s1. The van der Waals surface area contributed by atoms with E-state index >= 15 is 0 Å². The number of hydrogen-bond acceptors (Lipinski definition) is 4. The van der Waals surface area contributed by atoms with E-state index in [1.165, 1.54) is 19.3 Å². The number of nitrogens with zero attached hydrogens (tertiary/aromatic N) is 1. The summed E-state index contributed by atoms with van der Waals surface area (Å²) in [5.41, 5.74) is 0.412. The highest BCUT2D eigenvalue weighted by Crippen LogP contribution is 2.61. The van der Waals surface area contributed by atoms with E-state index in [4.69, 9.17) is 9.47 Å². The van der Waals surface area contributed by atoms with Crippen LogP contribution in [0.2, 0.25) is 0 Å². The molecule has 7 fully saturated rings. The number of esters is 1. The Bertz CT molecular complexity index is 680. The zero-order valence-corrected chi connectivity index (χ0v) is 15.4. The van der Waals surface area contributed by atoms with Gasteiger partial charge in [-0.1, -0.05) is 6.58 Å². The highest BCUT2D eigenvalue weighted by molar-refractivity contribution is 5.88. The number of carbonyl (C=O) groups is 2. The Hall–Kier alpha value is -1.36. The summed E-state index contributed by atoms with van der Waals surface area (Å²) in [7, 11) is 0. The summed E-state index contributed by atoms with van der Waals surface area (Å²) in [6.07, 6.45) is 7.68. The number of likely N-dealkylation sites (tertiary alicyclic amines) is 1. The summed E-state index contributed by atoms with van der Waals surface area (Å²) < 4.78 is 12.0. The van der Waals surface area contributed by atoms with Gasteiger partial charge >= 0.3 is 5.97 Å². The minimum Gasteiger partial charge on any atom is -0.454 e. The first-order chi connectivity index (χ1) is 12.4. The number of fused-ring (bicyclic) bond motifs is 1. The summed E-state index contributed by atoms with van der Waals surface area (Å²) in [6, 6.07) is -0.0780. The Kier molecular flexibility index (Phi) is 2.96. The summed E-state index contributed by atoms with van der Waals surface area (Å²) in [6.45, 7) is 5.39. The van der Waals surface area contributed by atoms with Crippen LogP contribution in [0.1, 0.15) is 51.9 Å². The van der Waals surface area contributed by atoms with Gasteiger partial charge in [0.1, 0.15) is 0 Å². The molecular weight excluding hydrogens is 330 g/mol. The third-order valence-electron chi connectivity index (χ3n) is 8.22. The first-order valence-electron chi connectivity index (χ1n) is 10.3. The van der Waals surface area contributed by atoms with Crippen molar-refractivity contribution in [2.24, 2.45) is 23.7 Å². The Morgan fingerprint density at radius 2 is 1.77 bits per heavy atom. The lowest BCUT2D eigenvalue weighted by molar-refractivity contribution is -0.161. The van der Waals surface area contributed by atoms with Gasteiger partial charge in [0.15, 0.2) is 6.10 Å². The van der Waals surface area contributed by atoms with E-state index in [0.29, 0.717) is 12.0 Å². The first-order valence-corrected chi connectivity index (χ1v) is 10.3. The van der Waals surface area contributed by atoms with Crippen LogP contribution in [0.25, 0.3) is 0 Å². The molecule has 3 aliphatic heterocycles. The van der Waals surface area contributed by atoms with E-state index in [1.807, 2.05) is 0 Å². The molecule has 3 heterocycles. The monoisotopic (exact) mass is 357 g/mol. The maximum atomic E-state index is 13.4. The highest BCUT2D eigenvalue weighted by atomic mass is 16.6. The molecule has 4 saturated carbocycles. The predicted octanol–water partition coefficient (Wildman–Crippen LogP) is 2.44. The summed E-state index contributed by atoms with van der Waals surface area (Å²) >= 11 is 0. The third-order valence-corrected chi connectivity index (χ3v) is 8.22. The van der Waals surface area contributed by atoms with Crippen molar-refractivity contribution in [1.82, 2.24) is 4.90 Å². The van der Waals surface area contributed by atoms with E-state index in [9.17, 15) is 9.59 Å². The Morgan fingerprint density at radius 3 is 2.35 bits per heavy atom. The van der Waals surface area contributed by atoms with Gasteiger partial charge in [0.05, 0.1) is 24.2 Å². The molecule has 5 heteroatoms. The van der Waals surface area contributed by atoms with Crippen molar-refractivity contribution in [3.63, 3.8) is 0 Å². The largest absolute Gasteiger partial charge is 0.454 e. The molecule has 3 saturated heterocycles. The number of rotatable bonds is 3. The van der Waals surface area contributed by atoms with Gasteiger partial charge in [0, 0.05) is 11.1 Å². The molecule has 0 aromatic carbocycles. The first kappa shape index (κ1) is 15.7. The van der Waals surface area contributed by atoms with E-state index < -0.39 is 0 Å². The number of carbonyl (C=O) groups excluding carboxylic acids is 2. The molecule has 7 aliphatic rings. The van der Waals surface area contributed by atoms with Gasteiger partial charge in [-0.05, 0) is 69.6 Å². The van der Waals surface area contributed by atoms with Gasteiger partial charge in [-0.3, -0.25) is 4.79 Å². The van der Waals surface area contributed by atoms with Crippen molar-refractivity contribution >= 4 is 11.9 Å². The van der Waals surface area contributed by atoms with Gasteiger partial charge in [0.2, 0.25) is 5.91 Å². The molecule has 5 nitrogen and oxygen atoms in total. The predicted molar refractivity (Wildman–Crippen MR) is 93.0 cm³/mol. The molecule has 5 atom stereocenters. The van der Waals surface area contributed by atoms with E-state index in [0.717, 1.165) is 37.0 Å². The second-order valence-electron chi connectivity index (χ2n) is 9.97. The number of ether oxygens (including phenoxy) is 2. The van der Waals surface area contributed by atoms with Crippen LogP contribution >= 0.6 is 0 Å². The lowest BCUT2D eigenvalue weighted by atomic mass is 9.52. The minimum absolute atomic E-state index is 0.0000286. The summed E-state index contributed by atoms with van der Waals surface area (Å²) in [5, 5.41) is 0. The molecule has 140 valence electrons. The normalized spacial score (nSPS) is 52.8. The molecule has 0 spiro atoms. The van der Waals surface area contributed by atoms with Gasteiger partial charge < -0.3 is 14.4 Å². The molecule has 6 bridgehead atoms. The number of amides is 1. The fourth-order valence-corrected chi connectivity index (χ4v) is 7.81. The van der Waals surface area contributed by atoms with Gasteiger partial charge in [-0.25, -0.2) is 4.79 Å². The Morgan fingerprint density at radius 1 is 1.15 bits per heavy atom. The molecule has 0 N–H and O–H groups in total. The van der Waals surface area contributed by atoms with Crippen molar-refractivity contribution < 1.29 is 19.1 Å². The number of hydrogen-bond donors (Lipinski definition) is 0. The Balaban J connectivity index is 1.37. The molecule has 0 aromatic rings. The molecule has 0 aromatic heterocycles. The molecular formula is C21H27NO4. The average Bonchev–Trinajstić information content (AvgIpc) is 3.17. The molecule has 0 radical (unpaired) electrons. The molecule has 1 amide bonds. The topological polar surface area (TPSA) is 55.8 Å². The van der Waals surface area contributed by atoms with Crippen molar-refractivity contribution in [3.8, 4) is 0 Å². The maximum absolute atomic E-state index is 13.4. The Labute approximate surface area is 154 Å². The summed E-state index contributed by atoms with van der Waals surface area (Å²) in [4.78, 5) is 27.8. The minimum atomic E-state index is -0.354. The van der Waals surface area contributed by atoms with Gasteiger partial charge in [0.25, 0.3) is 0 Å². The van der Waals surface area contributed by atoms with Crippen LogP contribution in [-0.4, -0.2) is 46.7 Å². The van der Waals surface area contributed by atoms with Crippen LogP contribution in [0.4, 0.5) is 0 Å². The quantitative estimate of drug-likeness (QED) is 0.575. The molecule has 7 rings (SSSR count). The van der Waals surface area contributed by atoms with Crippen LogP contribution in [0.15, 0.2) is 12.2 Å². The van der Waals surface area contributed by atoms with Crippen LogP contribution in [0, 0.1) is 23.7 Å². The van der Waals surface area contributed by atoms with Crippen LogP contribution in [0.3, 0.4) is 0 Å². The van der Waals surface area contributed by atoms with Crippen LogP contribution in [-0.2, 0) is 19.1 Å². The van der Waals surface area contributed by atoms with E-state index in [-0.39, 0.29) is 47.7 Å². The smallest absolute Gasteiger partial charge is 0.333 e. The van der Waals surface area contributed by atoms with Gasteiger partial charge in [-0.2, -0.15) is 0 Å². The van der Waals surface area contributed by atoms with E-state index in [2.05, 4.69) is 11.5 Å². The third kappa shape index (κ3) is 1.85. The van der Waals surface area contributed by atoms with Crippen LogP contribution < -0.4 is 0 Å². The second kappa shape index (κ2) is 4.92. The van der Waals surface area contributed by atoms with Crippen molar-refractivity contribution in [3.05, 3.63) is 12.2 Å². The fourth-order valence-electron chi connectivity index (χ4n) is 7.81. The molecule has 4 aliphatic carbocycles. The van der Waals surface area contributed by atoms with Crippen molar-refractivity contribution in [2.75, 3.05) is 0 Å². The molecule has 26 heavy (non-hydrogen) atoms. The zero-order valence-electron chi connectivity index (χ0n) is 15.4. The second-order valence-corrected chi connectivity index (χ2v) is 9.97. The van der Waals surface area contributed by atoms with E-state index in [1.54, 1.807) is 6.92 Å². The average molecular weight is 357 g/mol. The summed E-state index contributed by atoms with van der Waals surface area (Å²) in [5.74, 6) is 2.24. The fraction of sp³-hybridized carbons (Fsp3) is 0.810. The van der Waals surface area contributed by atoms with Crippen LogP contribution in [0.5, 0.6) is 0 Å². The highest BCUT2D eigenvalue weighted by Gasteiger charge is 2.70. The van der Waals surface area contributed by atoms with Gasteiger partial charge in [-0.15, -0.1) is 0 Å². The molecule has 4 unspecified atom stereocenters. The SMILES string of the molecule is C=C(C)C(=O)O[C@H]1C2CC3C(=O)N(C45CC6CC(CC(C6)C4)C5)C1C3O2. The zero-order chi connectivity index (χ0) is 17.8.